The van der Waals surface area contributed by atoms with Crippen LogP contribution in [0.15, 0.2) is 59.9 Å². The van der Waals surface area contributed by atoms with E-state index in [0.29, 0.717) is 41.4 Å². The molecule has 1 aromatic carbocycles. The number of nitrogens with zero attached hydrogens (tertiary/aromatic N) is 3. The first-order valence-electron chi connectivity index (χ1n) is 11.7. The molecule has 2 atom stereocenters. The Balaban J connectivity index is 1.98. The maximum absolute atomic E-state index is 13.5. The number of aromatic nitrogens is 1. The summed E-state index contributed by atoms with van der Waals surface area (Å²) in [6.07, 6.45) is 5.44. The van der Waals surface area contributed by atoms with E-state index in [-0.39, 0.29) is 29.6 Å². The van der Waals surface area contributed by atoms with Crippen LogP contribution in [0.4, 0.5) is 10.1 Å². The van der Waals surface area contributed by atoms with Gasteiger partial charge in [0.05, 0.1) is 35.9 Å². The van der Waals surface area contributed by atoms with Crippen molar-refractivity contribution in [2.75, 3.05) is 25.1 Å². The Morgan fingerprint density at radius 3 is 2.83 bits per heavy atom. The van der Waals surface area contributed by atoms with Crippen LogP contribution in [-0.4, -0.2) is 54.0 Å². The fourth-order valence-electron chi connectivity index (χ4n) is 3.75. The standard InChI is InChI=1S/C26H31ClFN5O3/c1-5-21-15-36-16(3)14-33(21)25(29)22(18-9-19(12-30-11-18)26(34)35-6-2)13-31-17(4)32-20-7-8-24(28)23(27)10-20/h7-13,16,21,32H,4-6,14-15,29H2,1-3H3/b25-22-,31-13-. The Hall–Kier alpha value is -3.43. The van der Waals surface area contributed by atoms with Crippen LogP contribution in [0.25, 0.3) is 5.57 Å². The van der Waals surface area contributed by atoms with Gasteiger partial charge < -0.3 is 25.4 Å². The maximum Gasteiger partial charge on any atom is 0.339 e. The SMILES string of the molecule is C=C(/N=C\C(=C(/N)N1CC(C)OCC1CC)c1cncc(C(=O)OCC)c1)Nc1ccc(F)c(Cl)c1. The maximum atomic E-state index is 13.5. The number of pyridine rings is 1. The summed E-state index contributed by atoms with van der Waals surface area (Å²) in [5, 5.41) is 2.96. The molecule has 2 heterocycles. The Kier molecular flexibility index (Phi) is 9.44. The molecule has 1 aromatic heterocycles. The third-order valence-electron chi connectivity index (χ3n) is 5.64. The lowest BCUT2D eigenvalue weighted by molar-refractivity contribution is -0.0420. The molecule has 3 N–H and O–H groups in total. The highest BCUT2D eigenvalue weighted by molar-refractivity contribution is 6.31. The van der Waals surface area contributed by atoms with Gasteiger partial charge in [-0.25, -0.2) is 14.2 Å². The van der Waals surface area contributed by atoms with Crippen LogP contribution >= 0.6 is 11.6 Å². The van der Waals surface area contributed by atoms with E-state index in [1.807, 2.05) is 6.92 Å². The number of benzene rings is 1. The molecule has 1 aliphatic rings. The summed E-state index contributed by atoms with van der Waals surface area (Å²) in [5.41, 5.74) is 8.69. The number of allylic oxidation sites excluding steroid dienone is 1. The average Bonchev–Trinajstić information content (AvgIpc) is 2.86. The number of hydrogen-bond acceptors (Lipinski definition) is 8. The quantitative estimate of drug-likeness (QED) is 0.364. The second kappa shape index (κ2) is 12.5. The molecule has 10 heteroatoms. The fraction of sp³-hybridized carbons (Fsp3) is 0.346. The zero-order chi connectivity index (χ0) is 26.2. The van der Waals surface area contributed by atoms with Crippen molar-refractivity contribution in [2.24, 2.45) is 10.7 Å². The van der Waals surface area contributed by atoms with Gasteiger partial charge in [-0.2, -0.15) is 0 Å². The predicted octanol–water partition coefficient (Wildman–Crippen LogP) is 4.83. The summed E-state index contributed by atoms with van der Waals surface area (Å²) in [5.74, 6) is -0.248. The first-order valence-corrected chi connectivity index (χ1v) is 12.1. The van der Waals surface area contributed by atoms with Gasteiger partial charge in [0.2, 0.25) is 0 Å². The summed E-state index contributed by atoms with van der Waals surface area (Å²) < 4.78 is 24.4. The van der Waals surface area contributed by atoms with E-state index in [1.54, 1.807) is 25.4 Å². The lowest BCUT2D eigenvalue weighted by atomic mass is 10.0. The molecule has 1 saturated heterocycles. The van der Waals surface area contributed by atoms with E-state index in [0.717, 1.165) is 6.42 Å². The molecule has 36 heavy (non-hydrogen) atoms. The number of nitrogens with two attached hydrogens (primary N) is 1. The smallest absolute Gasteiger partial charge is 0.339 e. The minimum atomic E-state index is -0.520. The number of esters is 1. The normalized spacial score (nSPS) is 18.6. The zero-order valence-electron chi connectivity index (χ0n) is 20.6. The van der Waals surface area contributed by atoms with Crippen LogP contribution in [-0.2, 0) is 9.47 Å². The monoisotopic (exact) mass is 515 g/mol. The van der Waals surface area contributed by atoms with E-state index in [2.05, 4.69) is 33.7 Å². The van der Waals surface area contributed by atoms with Gasteiger partial charge in [0.1, 0.15) is 17.5 Å². The summed E-state index contributed by atoms with van der Waals surface area (Å²) in [7, 11) is 0. The lowest BCUT2D eigenvalue weighted by Gasteiger charge is -2.40. The first-order chi connectivity index (χ1) is 17.2. The van der Waals surface area contributed by atoms with Gasteiger partial charge in [-0.15, -0.1) is 0 Å². The van der Waals surface area contributed by atoms with Gasteiger partial charge in [-0.1, -0.05) is 25.1 Å². The highest BCUT2D eigenvalue weighted by atomic mass is 35.5. The average molecular weight is 516 g/mol. The molecule has 0 bridgehead atoms. The minimum Gasteiger partial charge on any atom is -0.462 e. The molecule has 0 saturated carbocycles. The number of anilines is 1. The topological polar surface area (TPSA) is 102 Å². The predicted molar refractivity (Wildman–Crippen MR) is 140 cm³/mol. The molecule has 192 valence electrons. The van der Waals surface area contributed by atoms with E-state index in [1.165, 1.54) is 24.4 Å². The number of morpholine rings is 1. The Labute approximate surface area is 215 Å². The van der Waals surface area contributed by atoms with Crippen molar-refractivity contribution in [2.45, 2.75) is 39.3 Å². The van der Waals surface area contributed by atoms with Crippen molar-refractivity contribution in [1.29, 1.82) is 0 Å². The number of rotatable bonds is 9. The number of halogens is 2. The number of hydrogen-bond donors (Lipinski definition) is 2. The van der Waals surface area contributed by atoms with E-state index < -0.39 is 11.8 Å². The lowest BCUT2D eigenvalue weighted by Crippen LogP contribution is -2.49. The zero-order valence-corrected chi connectivity index (χ0v) is 21.4. The van der Waals surface area contributed by atoms with Gasteiger partial charge in [0.25, 0.3) is 0 Å². The molecular weight excluding hydrogens is 485 g/mol. The van der Waals surface area contributed by atoms with E-state index in [4.69, 9.17) is 26.8 Å². The van der Waals surface area contributed by atoms with E-state index in [9.17, 15) is 9.18 Å². The van der Waals surface area contributed by atoms with Crippen LogP contribution in [0.1, 0.15) is 43.1 Å². The van der Waals surface area contributed by atoms with Crippen LogP contribution in [0.2, 0.25) is 5.02 Å². The Bertz CT molecular complexity index is 1170. The molecule has 1 fully saturated rings. The summed E-state index contributed by atoms with van der Waals surface area (Å²) in [6.45, 7) is 11.1. The molecule has 0 aliphatic carbocycles. The molecule has 0 spiro atoms. The van der Waals surface area contributed by atoms with Crippen LogP contribution < -0.4 is 11.1 Å². The summed E-state index contributed by atoms with van der Waals surface area (Å²) >= 11 is 5.87. The minimum absolute atomic E-state index is 0.00612. The van der Waals surface area contributed by atoms with Crippen molar-refractivity contribution >= 4 is 35.0 Å². The number of nitrogens with one attached hydrogen (secondary N) is 1. The fourth-order valence-corrected chi connectivity index (χ4v) is 3.93. The molecule has 3 rings (SSSR count). The number of carbonyl (C=O) groups is 1. The molecule has 0 amide bonds. The van der Waals surface area contributed by atoms with Gasteiger partial charge in [0.15, 0.2) is 0 Å². The molecule has 0 radical (unpaired) electrons. The highest BCUT2D eigenvalue weighted by Gasteiger charge is 2.28. The van der Waals surface area contributed by atoms with Crippen molar-refractivity contribution < 1.29 is 18.7 Å². The van der Waals surface area contributed by atoms with Gasteiger partial charge in [-0.05, 0) is 44.5 Å². The van der Waals surface area contributed by atoms with Crippen LogP contribution in [0.3, 0.4) is 0 Å². The number of carbonyl (C=O) groups excluding carboxylic acids is 1. The second-order valence-electron chi connectivity index (χ2n) is 8.30. The number of ether oxygens (including phenoxy) is 2. The first kappa shape index (κ1) is 27.2. The summed E-state index contributed by atoms with van der Waals surface area (Å²) in [4.78, 5) is 23.1. The third kappa shape index (κ3) is 6.83. The number of aliphatic imine (C=N–C) groups is 1. The van der Waals surface area contributed by atoms with Crippen LogP contribution in [0.5, 0.6) is 0 Å². The van der Waals surface area contributed by atoms with Crippen LogP contribution in [0, 0.1) is 5.82 Å². The van der Waals surface area contributed by atoms with Gasteiger partial charge in [0, 0.05) is 42.0 Å². The van der Waals surface area contributed by atoms with Gasteiger partial charge in [-0.3, -0.25) is 4.98 Å². The largest absolute Gasteiger partial charge is 0.462 e. The second-order valence-corrected chi connectivity index (χ2v) is 8.71. The van der Waals surface area contributed by atoms with Crippen molar-refractivity contribution in [3.8, 4) is 0 Å². The Morgan fingerprint density at radius 2 is 2.14 bits per heavy atom. The van der Waals surface area contributed by atoms with Crippen molar-refractivity contribution in [3.05, 3.63) is 76.8 Å². The molecule has 1 aliphatic heterocycles. The van der Waals surface area contributed by atoms with Gasteiger partial charge >= 0.3 is 5.97 Å². The molecule has 2 unspecified atom stereocenters. The molecule has 2 aromatic rings. The highest BCUT2D eigenvalue weighted by Crippen LogP contribution is 2.25. The molecular formula is C26H31ClFN5O3. The summed E-state index contributed by atoms with van der Waals surface area (Å²) in [6, 6.07) is 5.97. The Morgan fingerprint density at radius 1 is 1.39 bits per heavy atom. The van der Waals surface area contributed by atoms with Crippen molar-refractivity contribution in [3.63, 3.8) is 0 Å². The van der Waals surface area contributed by atoms with Crippen molar-refractivity contribution in [1.82, 2.24) is 9.88 Å². The molecule has 8 nitrogen and oxygen atoms in total. The third-order valence-corrected chi connectivity index (χ3v) is 5.93. The van der Waals surface area contributed by atoms with E-state index >= 15 is 0 Å².